The van der Waals surface area contributed by atoms with E-state index in [0.717, 1.165) is 33.9 Å². The second-order valence-corrected chi connectivity index (χ2v) is 6.60. The molecule has 0 aliphatic rings. The van der Waals surface area contributed by atoms with Crippen LogP contribution in [0.25, 0.3) is 34.2 Å². The van der Waals surface area contributed by atoms with Crippen LogP contribution in [0, 0.1) is 27.7 Å². The van der Waals surface area contributed by atoms with Crippen molar-refractivity contribution in [3.63, 3.8) is 0 Å². The molecule has 4 aromatic rings. The van der Waals surface area contributed by atoms with Crippen LogP contribution in [-0.2, 0) is 0 Å². The van der Waals surface area contributed by atoms with E-state index in [0.29, 0.717) is 23.0 Å². The first kappa shape index (κ1) is 17.8. The molecule has 1 aromatic carbocycles. The quantitative estimate of drug-likeness (QED) is 0.544. The van der Waals surface area contributed by atoms with Gasteiger partial charge >= 0.3 is 0 Å². The number of hydrogen-bond donors (Lipinski definition) is 0. The summed E-state index contributed by atoms with van der Waals surface area (Å²) in [7, 11) is 0. The van der Waals surface area contributed by atoms with Crippen molar-refractivity contribution in [1.29, 1.82) is 0 Å². The number of hydrogen-bond acceptors (Lipinski definition) is 7. The zero-order valence-corrected chi connectivity index (χ0v) is 16.2. The molecule has 0 N–H and O–H groups in total. The van der Waals surface area contributed by atoms with E-state index in [9.17, 15) is 0 Å². The van der Waals surface area contributed by atoms with Gasteiger partial charge in [-0.3, -0.25) is 0 Å². The van der Waals surface area contributed by atoms with Gasteiger partial charge in [0.05, 0.1) is 22.8 Å². The fraction of sp³-hybridized carbons (Fsp3) is 0.190. The molecule has 7 nitrogen and oxygen atoms in total. The molecular formula is C21H19N7. The minimum Gasteiger partial charge on any atom is -0.241 e. The van der Waals surface area contributed by atoms with Crippen LogP contribution in [0.15, 0.2) is 42.5 Å². The summed E-state index contributed by atoms with van der Waals surface area (Å²) < 4.78 is 0. The van der Waals surface area contributed by atoms with Gasteiger partial charge in [-0.05, 0) is 51.0 Å². The van der Waals surface area contributed by atoms with Crippen LogP contribution in [0.2, 0.25) is 0 Å². The minimum atomic E-state index is 0.471. The number of aryl methyl sites for hydroxylation is 4. The van der Waals surface area contributed by atoms with E-state index in [-0.39, 0.29) is 0 Å². The van der Waals surface area contributed by atoms with Gasteiger partial charge in [0, 0.05) is 0 Å². The molecule has 0 bridgehead atoms. The van der Waals surface area contributed by atoms with E-state index < -0.39 is 0 Å². The lowest BCUT2D eigenvalue weighted by Crippen LogP contribution is -2.03. The Morgan fingerprint density at radius 3 is 1.46 bits per heavy atom. The molecule has 3 aromatic heterocycles. The molecule has 0 atom stereocenters. The Morgan fingerprint density at radius 1 is 0.500 bits per heavy atom. The highest BCUT2D eigenvalue weighted by atomic mass is 15.2. The molecule has 0 aliphatic heterocycles. The van der Waals surface area contributed by atoms with E-state index in [4.69, 9.17) is 4.98 Å². The Bertz CT molecular complexity index is 1090. The highest BCUT2D eigenvalue weighted by molar-refractivity contribution is 5.73. The van der Waals surface area contributed by atoms with Gasteiger partial charge in [0.15, 0.2) is 0 Å². The predicted molar refractivity (Wildman–Crippen MR) is 106 cm³/mol. The van der Waals surface area contributed by atoms with Gasteiger partial charge < -0.3 is 0 Å². The lowest BCUT2D eigenvalue weighted by Gasteiger charge is -2.09. The standard InChI is InChI=1S/C21H19N7/c1-12-14(3)25-27-20(22-12)18-10-17(16-8-6-5-7-9-16)11-19(24-18)21-23-13(2)15(4)26-28-21/h5-11H,1-4H3. The molecule has 7 heteroatoms. The first-order valence-electron chi connectivity index (χ1n) is 8.95. The number of rotatable bonds is 3. The Balaban J connectivity index is 1.92. The summed E-state index contributed by atoms with van der Waals surface area (Å²) in [4.78, 5) is 13.8. The molecular weight excluding hydrogens is 350 g/mol. The topological polar surface area (TPSA) is 90.2 Å². The summed E-state index contributed by atoms with van der Waals surface area (Å²) in [6.07, 6.45) is 0. The van der Waals surface area contributed by atoms with Crippen LogP contribution in [0.3, 0.4) is 0 Å². The summed E-state index contributed by atoms with van der Waals surface area (Å²) >= 11 is 0. The Morgan fingerprint density at radius 2 is 1.00 bits per heavy atom. The van der Waals surface area contributed by atoms with Crippen molar-refractivity contribution < 1.29 is 0 Å². The molecule has 28 heavy (non-hydrogen) atoms. The maximum Gasteiger partial charge on any atom is 0.200 e. The minimum absolute atomic E-state index is 0.471. The van der Waals surface area contributed by atoms with Gasteiger partial charge in [-0.15, -0.1) is 10.2 Å². The van der Waals surface area contributed by atoms with E-state index in [1.54, 1.807) is 0 Å². The van der Waals surface area contributed by atoms with Gasteiger partial charge in [0.25, 0.3) is 0 Å². The molecule has 0 saturated heterocycles. The highest BCUT2D eigenvalue weighted by Crippen LogP contribution is 2.27. The average Bonchev–Trinajstić information content (AvgIpc) is 2.72. The maximum atomic E-state index is 4.71. The summed E-state index contributed by atoms with van der Waals surface area (Å²) in [6, 6.07) is 14.0. The van der Waals surface area contributed by atoms with Crippen molar-refractivity contribution >= 4 is 0 Å². The van der Waals surface area contributed by atoms with E-state index in [1.165, 1.54) is 0 Å². The second-order valence-electron chi connectivity index (χ2n) is 6.60. The van der Waals surface area contributed by atoms with Gasteiger partial charge in [0.1, 0.15) is 11.4 Å². The molecule has 0 spiro atoms. The number of aromatic nitrogens is 7. The molecule has 0 radical (unpaired) electrons. The van der Waals surface area contributed by atoms with Crippen molar-refractivity contribution in [3.05, 3.63) is 65.2 Å². The van der Waals surface area contributed by atoms with Crippen LogP contribution >= 0.6 is 0 Å². The van der Waals surface area contributed by atoms with Crippen molar-refractivity contribution in [3.8, 4) is 34.2 Å². The monoisotopic (exact) mass is 369 g/mol. The third kappa shape index (κ3) is 3.46. The van der Waals surface area contributed by atoms with Gasteiger partial charge in [-0.25, -0.2) is 15.0 Å². The van der Waals surface area contributed by atoms with Crippen LogP contribution in [0.1, 0.15) is 22.8 Å². The van der Waals surface area contributed by atoms with Gasteiger partial charge in [-0.1, -0.05) is 30.3 Å². The Hall–Kier alpha value is -3.61. The fourth-order valence-electron chi connectivity index (χ4n) is 2.69. The molecule has 4 rings (SSSR count). The van der Waals surface area contributed by atoms with E-state index in [2.05, 4.69) is 30.4 Å². The lowest BCUT2D eigenvalue weighted by atomic mass is 10.0. The van der Waals surface area contributed by atoms with Crippen molar-refractivity contribution in [2.75, 3.05) is 0 Å². The molecule has 0 unspecified atom stereocenters. The third-order valence-corrected chi connectivity index (χ3v) is 4.57. The highest BCUT2D eigenvalue weighted by Gasteiger charge is 2.14. The van der Waals surface area contributed by atoms with Crippen molar-refractivity contribution in [2.24, 2.45) is 0 Å². The van der Waals surface area contributed by atoms with Crippen LogP contribution in [0.4, 0.5) is 0 Å². The Labute approximate surface area is 163 Å². The van der Waals surface area contributed by atoms with E-state index in [1.807, 2.05) is 70.2 Å². The van der Waals surface area contributed by atoms with Crippen LogP contribution < -0.4 is 0 Å². The molecule has 0 fully saturated rings. The molecule has 3 heterocycles. The second kappa shape index (κ2) is 7.19. The summed E-state index contributed by atoms with van der Waals surface area (Å²) in [5, 5.41) is 16.8. The summed E-state index contributed by atoms with van der Waals surface area (Å²) in [5.41, 5.74) is 6.51. The Kier molecular flexibility index (Phi) is 4.57. The predicted octanol–water partition coefficient (Wildman–Crippen LogP) is 3.69. The fourth-order valence-corrected chi connectivity index (χ4v) is 2.69. The normalized spacial score (nSPS) is 10.9. The zero-order valence-electron chi connectivity index (χ0n) is 16.2. The zero-order chi connectivity index (χ0) is 19.7. The van der Waals surface area contributed by atoms with Crippen molar-refractivity contribution in [2.45, 2.75) is 27.7 Å². The summed E-state index contributed by atoms with van der Waals surface area (Å²) in [5.74, 6) is 0.942. The van der Waals surface area contributed by atoms with E-state index >= 15 is 0 Å². The number of nitrogens with zero attached hydrogens (tertiary/aromatic N) is 7. The first-order valence-corrected chi connectivity index (χ1v) is 8.95. The summed E-state index contributed by atoms with van der Waals surface area (Å²) in [6.45, 7) is 7.58. The number of benzene rings is 1. The average molecular weight is 369 g/mol. The maximum absolute atomic E-state index is 4.71. The smallest absolute Gasteiger partial charge is 0.200 e. The molecule has 0 saturated carbocycles. The van der Waals surface area contributed by atoms with Crippen LogP contribution in [-0.4, -0.2) is 35.3 Å². The number of pyridine rings is 1. The molecule has 0 aliphatic carbocycles. The van der Waals surface area contributed by atoms with Crippen molar-refractivity contribution in [1.82, 2.24) is 35.3 Å². The lowest BCUT2D eigenvalue weighted by molar-refractivity contribution is 0.890. The molecule has 0 amide bonds. The van der Waals surface area contributed by atoms with Gasteiger partial charge in [-0.2, -0.15) is 10.2 Å². The SMILES string of the molecule is Cc1nnc(-c2cc(-c3ccccc3)cc(-c3nnc(C)c(C)n3)n2)nc1C. The van der Waals surface area contributed by atoms with Gasteiger partial charge in [0.2, 0.25) is 11.6 Å². The molecule has 138 valence electrons. The third-order valence-electron chi connectivity index (χ3n) is 4.57. The first-order chi connectivity index (χ1) is 13.5. The largest absolute Gasteiger partial charge is 0.241 e. The van der Waals surface area contributed by atoms with Crippen LogP contribution in [0.5, 0.6) is 0 Å².